The Bertz CT molecular complexity index is 866. The van der Waals surface area contributed by atoms with E-state index in [9.17, 15) is 18.0 Å². The minimum absolute atomic E-state index is 0.0381. The number of nitrogens with zero attached hydrogens (tertiary/aromatic N) is 1. The first kappa shape index (κ1) is 22.9. The van der Waals surface area contributed by atoms with E-state index in [2.05, 4.69) is 4.72 Å². The zero-order valence-corrected chi connectivity index (χ0v) is 17.8. The molecule has 9 heteroatoms. The largest absolute Gasteiger partial charge is 0.495 e. The van der Waals surface area contributed by atoms with Gasteiger partial charge in [0.2, 0.25) is 10.0 Å². The standard InChI is InChI=1S/C20H28N2O6S/c1-4-16-7-5-6-12-22(16)19(23)14-28-20(24)11-9-15-8-10-17(27-3)18(13-15)29(25,26)21-2/h8-11,13,16,21H,4-7,12,14H2,1-3H3/b11-9+/t16-/m0/s1. The molecule has 1 aromatic carbocycles. The normalized spacial score (nSPS) is 17.3. The van der Waals surface area contributed by atoms with Crippen LogP contribution in [0.5, 0.6) is 5.75 Å². The molecule has 1 amide bonds. The third kappa shape index (κ3) is 6.04. The fourth-order valence-corrected chi connectivity index (χ4v) is 4.23. The van der Waals surface area contributed by atoms with E-state index in [0.717, 1.165) is 25.7 Å². The van der Waals surface area contributed by atoms with Crippen molar-refractivity contribution in [3.63, 3.8) is 0 Å². The van der Waals surface area contributed by atoms with Crippen LogP contribution in [-0.4, -0.2) is 58.5 Å². The number of piperidine rings is 1. The molecule has 160 valence electrons. The SMILES string of the molecule is CC[C@H]1CCCCN1C(=O)COC(=O)/C=C/c1ccc(OC)c(S(=O)(=O)NC)c1. The summed E-state index contributed by atoms with van der Waals surface area (Å²) in [6.07, 6.45) is 6.53. The first-order valence-electron chi connectivity index (χ1n) is 9.58. The van der Waals surface area contributed by atoms with E-state index in [1.165, 1.54) is 38.4 Å². The molecule has 0 radical (unpaired) electrons. The summed E-state index contributed by atoms with van der Waals surface area (Å²) in [6, 6.07) is 4.71. The number of nitrogens with one attached hydrogen (secondary N) is 1. The average molecular weight is 425 g/mol. The maximum atomic E-state index is 12.3. The first-order chi connectivity index (χ1) is 13.8. The molecule has 8 nitrogen and oxygen atoms in total. The van der Waals surface area contributed by atoms with Gasteiger partial charge in [-0.1, -0.05) is 13.0 Å². The van der Waals surface area contributed by atoms with Gasteiger partial charge >= 0.3 is 5.97 Å². The third-order valence-electron chi connectivity index (χ3n) is 4.91. The van der Waals surface area contributed by atoms with Crippen LogP contribution < -0.4 is 9.46 Å². The van der Waals surface area contributed by atoms with Crippen LogP contribution in [0.4, 0.5) is 0 Å². The monoisotopic (exact) mass is 424 g/mol. The van der Waals surface area contributed by atoms with Crippen LogP contribution in [0.15, 0.2) is 29.2 Å². The van der Waals surface area contributed by atoms with E-state index in [0.29, 0.717) is 12.1 Å². The zero-order valence-electron chi connectivity index (χ0n) is 17.0. The summed E-state index contributed by atoms with van der Waals surface area (Å²) in [5, 5.41) is 0. The lowest BCUT2D eigenvalue weighted by atomic mass is 10.00. The van der Waals surface area contributed by atoms with Crippen molar-refractivity contribution in [2.24, 2.45) is 0 Å². The molecule has 0 bridgehead atoms. The molecule has 1 aliphatic heterocycles. The Labute approximate surface area is 171 Å². The van der Waals surface area contributed by atoms with Crippen LogP contribution in [0.1, 0.15) is 38.2 Å². The van der Waals surface area contributed by atoms with E-state index in [4.69, 9.17) is 9.47 Å². The van der Waals surface area contributed by atoms with E-state index in [-0.39, 0.29) is 29.2 Å². The van der Waals surface area contributed by atoms with Gasteiger partial charge in [-0.05, 0) is 56.5 Å². The van der Waals surface area contributed by atoms with Gasteiger partial charge in [-0.15, -0.1) is 0 Å². The number of ether oxygens (including phenoxy) is 2. The number of methoxy groups -OCH3 is 1. The Hall–Kier alpha value is -2.39. The van der Waals surface area contributed by atoms with Gasteiger partial charge in [0.15, 0.2) is 6.61 Å². The van der Waals surface area contributed by atoms with Gasteiger partial charge < -0.3 is 14.4 Å². The number of carbonyl (C=O) groups is 2. The number of esters is 1. The quantitative estimate of drug-likeness (QED) is 0.506. The van der Waals surface area contributed by atoms with Crippen molar-refractivity contribution in [1.82, 2.24) is 9.62 Å². The van der Waals surface area contributed by atoms with Gasteiger partial charge in [0, 0.05) is 18.7 Å². The second-order valence-corrected chi connectivity index (χ2v) is 8.56. The number of hydrogen-bond donors (Lipinski definition) is 1. The minimum atomic E-state index is -3.72. The van der Waals surface area contributed by atoms with Gasteiger partial charge in [0.05, 0.1) is 7.11 Å². The molecule has 0 unspecified atom stereocenters. The van der Waals surface area contributed by atoms with Crippen LogP contribution in [0, 0.1) is 0 Å². The van der Waals surface area contributed by atoms with Gasteiger partial charge in [-0.25, -0.2) is 17.9 Å². The maximum Gasteiger partial charge on any atom is 0.331 e. The number of hydrogen-bond acceptors (Lipinski definition) is 6. The molecule has 1 saturated heterocycles. The Morgan fingerprint density at radius 1 is 1.31 bits per heavy atom. The number of amides is 1. The van der Waals surface area contributed by atoms with Crippen LogP contribution in [0.25, 0.3) is 6.08 Å². The smallest absolute Gasteiger partial charge is 0.331 e. The molecule has 0 aromatic heterocycles. The molecule has 1 heterocycles. The summed E-state index contributed by atoms with van der Waals surface area (Å²) < 4.78 is 36.6. The van der Waals surface area contributed by atoms with Gasteiger partial charge in [-0.3, -0.25) is 4.79 Å². The number of likely N-dealkylation sites (tertiary alicyclic amines) is 1. The molecule has 0 saturated carbocycles. The molecule has 1 fully saturated rings. The van der Waals surface area contributed by atoms with E-state index in [1.807, 2.05) is 6.92 Å². The maximum absolute atomic E-state index is 12.3. The number of sulfonamides is 1. The molecule has 0 aliphatic carbocycles. The first-order valence-corrected chi connectivity index (χ1v) is 11.1. The van der Waals surface area contributed by atoms with E-state index in [1.54, 1.807) is 11.0 Å². The Morgan fingerprint density at radius 3 is 2.72 bits per heavy atom. The molecule has 29 heavy (non-hydrogen) atoms. The summed E-state index contributed by atoms with van der Waals surface area (Å²) in [5.41, 5.74) is 0.477. The fourth-order valence-electron chi connectivity index (χ4n) is 3.30. The average Bonchev–Trinajstić information content (AvgIpc) is 2.75. The second-order valence-electron chi connectivity index (χ2n) is 6.70. The topological polar surface area (TPSA) is 102 Å². The van der Waals surface area contributed by atoms with Crippen LogP contribution in [0.3, 0.4) is 0 Å². The van der Waals surface area contributed by atoms with E-state index < -0.39 is 16.0 Å². The lowest BCUT2D eigenvalue weighted by Crippen LogP contribution is -2.45. The summed E-state index contributed by atoms with van der Waals surface area (Å²) in [4.78, 5) is 26.1. The highest BCUT2D eigenvalue weighted by molar-refractivity contribution is 7.89. The van der Waals surface area contributed by atoms with Gasteiger partial charge in [0.25, 0.3) is 5.91 Å². The molecule has 2 rings (SSSR count). The van der Waals surface area contributed by atoms with Crippen molar-refractivity contribution in [3.05, 3.63) is 29.8 Å². The van der Waals surface area contributed by atoms with E-state index >= 15 is 0 Å². The lowest BCUT2D eigenvalue weighted by molar-refractivity contribution is -0.150. The van der Waals surface area contributed by atoms with Crippen LogP contribution >= 0.6 is 0 Å². The highest BCUT2D eigenvalue weighted by Gasteiger charge is 2.25. The van der Waals surface area contributed by atoms with Crippen molar-refractivity contribution in [1.29, 1.82) is 0 Å². The summed E-state index contributed by atoms with van der Waals surface area (Å²) in [6.45, 7) is 2.43. The van der Waals surface area contributed by atoms with Crippen molar-refractivity contribution in [2.45, 2.75) is 43.5 Å². The molecule has 0 spiro atoms. The number of rotatable bonds is 8. The predicted molar refractivity (Wildman–Crippen MR) is 109 cm³/mol. The summed E-state index contributed by atoms with van der Waals surface area (Å²) in [7, 11) is -1.04. The Balaban J connectivity index is 2.00. The Morgan fingerprint density at radius 2 is 2.07 bits per heavy atom. The third-order valence-corrected chi connectivity index (χ3v) is 6.35. The van der Waals surface area contributed by atoms with Crippen molar-refractivity contribution in [2.75, 3.05) is 27.3 Å². The van der Waals surface area contributed by atoms with Crippen molar-refractivity contribution < 1.29 is 27.5 Å². The second kappa shape index (κ2) is 10.4. The minimum Gasteiger partial charge on any atom is -0.495 e. The number of carbonyl (C=O) groups excluding carboxylic acids is 2. The molecule has 1 N–H and O–H groups in total. The Kier molecular flexibility index (Phi) is 8.21. The molecule has 1 aromatic rings. The lowest BCUT2D eigenvalue weighted by Gasteiger charge is -2.35. The van der Waals surface area contributed by atoms with Gasteiger partial charge in [0.1, 0.15) is 10.6 Å². The highest BCUT2D eigenvalue weighted by Crippen LogP contribution is 2.25. The van der Waals surface area contributed by atoms with Crippen LogP contribution in [0.2, 0.25) is 0 Å². The molecular formula is C20H28N2O6S. The highest BCUT2D eigenvalue weighted by atomic mass is 32.2. The predicted octanol–water partition coefficient (Wildman–Crippen LogP) is 1.95. The zero-order chi connectivity index (χ0) is 21.4. The van der Waals surface area contributed by atoms with Crippen LogP contribution in [-0.2, 0) is 24.3 Å². The summed E-state index contributed by atoms with van der Waals surface area (Å²) in [5.74, 6) is -0.668. The van der Waals surface area contributed by atoms with Crippen molar-refractivity contribution in [3.8, 4) is 5.75 Å². The molecule has 1 aliphatic rings. The molecule has 1 atom stereocenters. The van der Waals surface area contributed by atoms with Crippen molar-refractivity contribution >= 4 is 28.0 Å². The van der Waals surface area contributed by atoms with Gasteiger partial charge in [-0.2, -0.15) is 0 Å². The summed E-state index contributed by atoms with van der Waals surface area (Å²) >= 11 is 0. The fraction of sp³-hybridized carbons (Fsp3) is 0.500. The molecular weight excluding hydrogens is 396 g/mol. The number of benzene rings is 1.